The first-order valence-corrected chi connectivity index (χ1v) is 10.3. The molecule has 0 aliphatic carbocycles. The number of nitrogens with zero attached hydrogens (tertiary/aromatic N) is 2. The first kappa shape index (κ1) is 23.0. The smallest absolute Gasteiger partial charge is 0.444 e. The van der Waals surface area contributed by atoms with E-state index in [2.05, 4.69) is 12.0 Å². The molecular weight excluding hydrogens is 385 g/mol. The van der Waals surface area contributed by atoms with Crippen molar-refractivity contribution >= 4 is 0 Å². The van der Waals surface area contributed by atoms with Gasteiger partial charge in [0.2, 0.25) is 0 Å². The maximum Gasteiger partial charge on any atom is 0.444 e. The van der Waals surface area contributed by atoms with Gasteiger partial charge in [-0.05, 0) is 24.6 Å². The third-order valence-corrected chi connectivity index (χ3v) is 4.67. The Morgan fingerprint density at radius 2 is 1.62 bits per heavy atom. The molecule has 29 heavy (non-hydrogen) atoms. The van der Waals surface area contributed by atoms with Gasteiger partial charge in [0.05, 0.1) is 17.9 Å². The number of hydrogen-bond donors (Lipinski definition) is 0. The second-order valence-corrected chi connectivity index (χ2v) is 7.12. The fourth-order valence-electron chi connectivity index (χ4n) is 3.05. The fraction of sp³-hybridized carbons (Fsp3) is 0.619. The van der Waals surface area contributed by atoms with Crippen LogP contribution >= 0.6 is 0 Å². The first-order chi connectivity index (χ1) is 13.9. The van der Waals surface area contributed by atoms with Crippen molar-refractivity contribution in [3.8, 4) is 11.8 Å². The van der Waals surface area contributed by atoms with E-state index < -0.39 is 17.5 Å². The van der Waals surface area contributed by atoms with Gasteiger partial charge in [-0.1, -0.05) is 75.9 Å². The lowest BCUT2D eigenvalue weighted by molar-refractivity contribution is -0.137. The van der Waals surface area contributed by atoms with Crippen LogP contribution in [0, 0.1) is 0 Å². The summed E-state index contributed by atoms with van der Waals surface area (Å²) in [6.45, 7) is 2.56. The summed E-state index contributed by atoms with van der Waals surface area (Å²) in [7, 11) is 0. The van der Waals surface area contributed by atoms with E-state index in [1.54, 1.807) is 0 Å². The predicted octanol–water partition coefficient (Wildman–Crippen LogP) is 6.14. The molecule has 0 saturated carbocycles. The van der Waals surface area contributed by atoms with Gasteiger partial charge < -0.3 is 9.15 Å². The topological polar surface area (TPSA) is 57.3 Å². The molecule has 162 valence electrons. The average Bonchev–Trinajstić information content (AvgIpc) is 3.06. The molecule has 2 aromatic rings. The zero-order valence-electron chi connectivity index (χ0n) is 16.8. The van der Waals surface area contributed by atoms with Gasteiger partial charge >= 0.3 is 18.0 Å². The van der Waals surface area contributed by atoms with Crippen molar-refractivity contribution < 1.29 is 22.3 Å². The Morgan fingerprint density at radius 1 is 1.00 bits per heavy atom. The van der Waals surface area contributed by atoms with E-state index in [1.807, 2.05) is 0 Å². The van der Waals surface area contributed by atoms with Crippen LogP contribution in [-0.2, 0) is 6.18 Å². The van der Waals surface area contributed by atoms with Crippen LogP contribution in [0.2, 0.25) is 0 Å². The lowest BCUT2D eigenvalue weighted by Gasteiger charge is -2.07. The van der Waals surface area contributed by atoms with Crippen molar-refractivity contribution in [1.29, 1.82) is 0 Å². The molecule has 0 atom stereocenters. The number of ether oxygens (including phenoxy) is 1. The highest BCUT2D eigenvalue weighted by Crippen LogP contribution is 2.30. The molecule has 1 heterocycles. The molecule has 0 radical (unpaired) electrons. The molecule has 1 aromatic carbocycles. The molecule has 0 amide bonds. The molecule has 0 N–H and O–H groups in total. The Hall–Kier alpha value is -2.25. The van der Waals surface area contributed by atoms with E-state index in [4.69, 9.17) is 9.15 Å². The molecule has 0 spiro atoms. The maximum absolute atomic E-state index is 12.8. The van der Waals surface area contributed by atoms with Gasteiger partial charge in [-0.25, -0.2) is 4.79 Å². The van der Waals surface area contributed by atoms with Crippen LogP contribution in [-0.4, -0.2) is 16.4 Å². The quantitative estimate of drug-likeness (QED) is 0.369. The Morgan fingerprint density at radius 3 is 2.24 bits per heavy atom. The molecule has 5 nitrogen and oxygen atoms in total. The van der Waals surface area contributed by atoms with E-state index in [0.717, 1.165) is 36.1 Å². The molecule has 8 heteroatoms. The number of alkyl halides is 3. The summed E-state index contributed by atoms with van der Waals surface area (Å²) in [4.78, 5) is 11.9. The number of rotatable bonds is 13. The Balaban J connectivity index is 1.71. The summed E-state index contributed by atoms with van der Waals surface area (Å²) < 4.78 is 49.4. The normalized spacial score (nSPS) is 11.7. The number of halogens is 3. The second-order valence-electron chi connectivity index (χ2n) is 7.12. The van der Waals surface area contributed by atoms with E-state index >= 15 is 0 Å². The minimum absolute atomic E-state index is 0.0256. The second kappa shape index (κ2) is 11.7. The van der Waals surface area contributed by atoms with Gasteiger partial charge in [-0.3, -0.25) is 0 Å². The minimum atomic E-state index is -4.50. The average molecular weight is 414 g/mol. The number of aromatic nitrogens is 2. The van der Waals surface area contributed by atoms with Crippen LogP contribution in [0.5, 0.6) is 6.08 Å². The van der Waals surface area contributed by atoms with Crippen LogP contribution < -0.4 is 10.5 Å². The molecule has 0 saturated heterocycles. The van der Waals surface area contributed by atoms with E-state index in [0.29, 0.717) is 6.61 Å². The van der Waals surface area contributed by atoms with Crippen molar-refractivity contribution in [3.63, 3.8) is 0 Å². The number of hydrogen-bond acceptors (Lipinski definition) is 4. The highest BCUT2D eigenvalue weighted by molar-refractivity contribution is 5.35. The molecule has 0 unspecified atom stereocenters. The van der Waals surface area contributed by atoms with Crippen LogP contribution in [0.4, 0.5) is 13.2 Å². The summed E-state index contributed by atoms with van der Waals surface area (Å²) in [6.07, 6.45) is 7.15. The van der Waals surface area contributed by atoms with Crippen LogP contribution in [0.25, 0.3) is 5.69 Å². The van der Waals surface area contributed by atoms with Gasteiger partial charge in [-0.2, -0.15) is 17.9 Å². The largest absolute Gasteiger partial charge is 0.449 e. The van der Waals surface area contributed by atoms with Gasteiger partial charge in [0, 0.05) is 0 Å². The Kier molecular flexibility index (Phi) is 9.28. The van der Waals surface area contributed by atoms with Crippen LogP contribution in [0.15, 0.2) is 33.5 Å². The number of benzene rings is 1. The highest BCUT2D eigenvalue weighted by atomic mass is 19.4. The Labute approximate surface area is 168 Å². The molecule has 0 aliphatic rings. The maximum atomic E-state index is 12.8. The summed E-state index contributed by atoms with van der Waals surface area (Å²) in [5, 5.41) is 3.83. The zero-order valence-corrected chi connectivity index (χ0v) is 16.8. The Bertz CT molecular complexity index is 784. The SMILES string of the molecule is CCCCCCCCCCCCOc1nn(-c2cccc(C(F)(F)F)c2)c(=O)o1. The summed E-state index contributed by atoms with van der Waals surface area (Å²) in [5.74, 6) is -0.887. The molecule has 0 fully saturated rings. The van der Waals surface area contributed by atoms with Gasteiger partial charge in [0.1, 0.15) is 0 Å². The molecule has 1 aromatic heterocycles. The third-order valence-electron chi connectivity index (χ3n) is 4.67. The van der Waals surface area contributed by atoms with Crippen molar-refractivity contribution in [2.24, 2.45) is 0 Å². The molecular formula is C21H29F3N2O3. The standard InChI is InChI=1S/C21H29F3N2O3/c1-2-3-4-5-6-7-8-9-10-11-15-28-19-25-26(20(27)29-19)18-14-12-13-17(16-18)21(22,23)24/h12-14,16H,2-11,15H2,1H3. The fourth-order valence-corrected chi connectivity index (χ4v) is 3.05. The van der Waals surface area contributed by atoms with Crippen LogP contribution in [0.3, 0.4) is 0 Å². The summed E-state index contributed by atoms with van der Waals surface area (Å²) >= 11 is 0. The van der Waals surface area contributed by atoms with E-state index in [-0.39, 0.29) is 11.8 Å². The lowest BCUT2D eigenvalue weighted by Crippen LogP contribution is -2.14. The summed E-state index contributed by atoms with van der Waals surface area (Å²) in [5.41, 5.74) is -0.889. The predicted molar refractivity (Wildman–Crippen MR) is 104 cm³/mol. The highest BCUT2D eigenvalue weighted by Gasteiger charge is 2.30. The van der Waals surface area contributed by atoms with Crippen molar-refractivity contribution in [1.82, 2.24) is 9.78 Å². The van der Waals surface area contributed by atoms with Gasteiger partial charge in [0.15, 0.2) is 0 Å². The minimum Gasteiger partial charge on any atom is -0.449 e. The molecule has 2 rings (SSSR count). The van der Waals surface area contributed by atoms with Crippen molar-refractivity contribution in [2.45, 2.75) is 77.3 Å². The van der Waals surface area contributed by atoms with Crippen LogP contribution in [0.1, 0.15) is 76.7 Å². The van der Waals surface area contributed by atoms with E-state index in [1.165, 1.54) is 57.1 Å². The van der Waals surface area contributed by atoms with Crippen molar-refractivity contribution in [3.05, 3.63) is 40.4 Å². The monoisotopic (exact) mass is 414 g/mol. The van der Waals surface area contributed by atoms with Gasteiger partial charge in [0.25, 0.3) is 0 Å². The number of unbranched alkanes of at least 4 members (excludes halogenated alkanes) is 9. The van der Waals surface area contributed by atoms with Crippen molar-refractivity contribution in [2.75, 3.05) is 6.61 Å². The third kappa shape index (κ3) is 7.95. The first-order valence-electron chi connectivity index (χ1n) is 10.3. The molecule has 0 aliphatic heterocycles. The van der Waals surface area contributed by atoms with Gasteiger partial charge in [-0.15, -0.1) is 0 Å². The lowest BCUT2D eigenvalue weighted by atomic mass is 10.1. The molecule has 0 bridgehead atoms. The zero-order chi connectivity index (χ0) is 21.1. The van der Waals surface area contributed by atoms with E-state index in [9.17, 15) is 18.0 Å². The summed E-state index contributed by atoms with van der Waals surface area (Å²) in [6, 6.07) is 4.34.